The van der Waals surface area contributed by atoms with E-state index in [-0.39, 0.29) is 5.92 Å². The highest BCUT2D eigenvalue weighted by atomic mass is 17.1. The first-order valence-electron chi connectivity index (χ1n) is 23.2. The molecule has 0 saturated carbocycles. The van der Waals surface area contributed by atoms with Gasteiger partial charge in [0.05, 0.1) is 5.92 Å². The lowest BCUT2D eigenvalue weighted by atomic mass is 9.94. The molecule has 0 spiro atoms. The first kappa shape index (κ1) is 49.4. The van der Waals surface area contributed by atoms with Crippen molar-refractivity contribution in [2.24, 2.45) is 5.92 Å². The molecule has 0 aromatic carbocycles. The van der Waals surface area contributed by atoms with Crippen LogP contribution in [0.5, 0.6) is 0 Å². The zero-order valence-corrected chi connectivity index (χ0v) is 34.2. The van der Waals surface area contributed by atoms with E-state index in [2.05, 4.69) is 11.8 Å². The highest BCUT2D eigenvalue weighted by Crippen LogP contribution is 2.22. The quantitative estimate of drug-likeness (QED) is 0.0376. The van der Waals surface area contributed by atoms with Crippen LogP contribution in [-0.4, -0.2) is 22.9 Å². The average molecular weight is 709 g/mol. The summed E-state index contributed by atoms with van der Waals surface area (Å²) in [5.74, 6) is -0.531. The van der Waals surface area contributed by atoms with Gasteiger partial charge in [-0.3, -0.25) is 0 Å². The van der Waals surface area contributed by atoms with Gasteiger partial charge in [-0.15, -0.1) is 0 Å². The second kappa shape index (κ2) is 44.6. The molecule has 0 aliphatic heterocycles. The molecule has 0 aliphatic rings. The molecular formula is C46H92O4. The van der Waals surface area contributed by atoms with Crippen LogP contribution in [0.25, 0.3) is 0 Å². The Balaban J connectivity index is 3.38. The van der Waals surface area contributed by atoms with Crippen LogP contribution in [0.1, 0.15) is 277 Å². The maximum Gasteiger partial charge on any atom is 0.345 e. The van der Waals surface area contributed by atoms with E-state index in [1.807, 2.05) is 0 Å². The van der Waals surface area contributed by atoms with Gasteiger partial charge in [-0.1, -0.05) is 257 Å². The van der Waals surface area contributed by atoms with Gasteiger partial charge in [0.25, 0.3) is 0 Å². The van der Waals surface area contributed by atoms with Gasteiger partial charge in [0.1, 0.15) is 0 Å². The van der Waals surface area contributed by atoms with E-state index in [9.17, 15) is 4.79 Å². The van der Waals surface area contributed by atoms with Crippen molar-refractivity contribution in [1.82, 2.24) is 0 Å². The molecule has 0 amide bonds. The summed E-state index contributed by atoms with van der Waals surface area (Å²) in [5.41, 5.74) is 0. The Morgan fingerprint density at radius 2 is 0.560 bits per heavy atom. The average Bonchev–Trinajstić information content (AvgIpc) is 3.13. The van der Waals surface area contributed by atoms with Crippen molar-refractivity contribution in [2.45, 2.75) is 277 Å². The van der Waals surface area contributed by atoms with Gasteiger partial charge >= 0.3 is 5.97 Å². The van der Waals surface area contributed by atoms with Crippen LogP contribution < -0.4 is 0 Å². The fourth-order valence-electron chi connectivity index (χ4n) is 7.79. The third kappa shape index (κ3) is 40.2. The van der Waals surface area contributed by atoms with Gasteiger partial charge in [-0.2, -0.15) is 5.26 Å². The summed E-state index contributed by atoms with van der Waals surface area (Å²) >= 11 is 0. The molecule has 0 aliphatic carbocycles. The van der Waals surface area contributed by atoms with Crippen molar-refractivity contribution in [3.05, 3.63) is 0 Å². The standard InChI is InChI=1S/C46H92O4/c1-2-3-4-5-6-7-8-9-24-27-30-33-36-39-42-45(46(48)50-49)43-40-37-34-31-28-25-22-20-18-16-14-12-10-11-13-15-17-19-21-23-26-29-32-35-38-41-44-47/h45,47,49H,2-44H2,1H3. The molecule has 1 unspecified atom stereocenters. The summed E-state index contributed by atoms with van der Waals surface area (Å²) < 4.78 is 0. The lowest BCUT2D eigenvalue weighted by molar-refractivity contribution is -0.239. The maximum atomic E-state index is 12.1. The van der Waals surface area contributed by atoms with Crippen molar-refractivity contribution in [3.63, 3.8) is 0 Å². The molecular weight excluding hydrogens is 617 g/mol. The van der Waals surface area contributed by atoms with Crippen LogP contribution in [0, 0.1) is 5.92 Å². The minimum absolute atomic E-state index is 0.119. The lowest BCUT2D eigenvalue weighted by Crippen LogP contribution is -2.16. The van der Waals surface area contributed by atoms with Crippen molar-refractivity contribution in [1.29, 1.82) is 0 Å². The lowest BCUT2D eigenvalue weighted by Gasteiger charge is -2.13. The van der Waals surface area contributed by atoms with Crippen LogP contribution in [0.3, 0.4) is 0 Å². The van der Waals surface area contributed by atoms with Crippen molar-refractivity contribution >= 4 is 5.97 Å². The van der Waals surface area contributed by atoms with Gasteiger partial charge in [-0.25, -0.2) is 4.79 Å². The highest BCUT2D eigenvalue weighted by molar-refractivity contribution is 5.71. The van der Waals surface area contributed by atoms with E-state index in [1.165, 1.54) is 238 Å². The first-order chi connectivity index (χ1) is 24.8. The highest BCUT2D eigenvalue weighted by Gasteiger charge is 2.19. The topological polar surface area (TPSA) is 66.8 Å². The molecule has 4 nitrogen and oxygen atoms in total. The Kier molecular flexibility index (Phi) is 44.0. The summed E-state index contributed by atoms with van der Waals surface area (Å²) in [6.07, 6.45) is 55.9. The number of carbonyl (C=O) groups is 1. The van der Waals surface area contributed by atoms with Gasteiger partial charge in [-0.05, 0) is 19.3 Å². The molecule has 0 aromatic rings. The van der Waals surface area contributed by atoms with Gasteiger partial charge < -0.3 is 9.99 Å². The zero-order chi connectivity index (χ0) is 36.3. The summed E-state index contributed by atoms with van der Waals surface area (Å²) in [6, 6.07) is 0. The maximum absolute atomic E-state index is 12.1. The zero-order valence-electron chi connectivity index (χ0n) is 34.2. The molecule has 0 saturated heterocycles. The summed E-state index contributed by atoms with van der Waals surface area (Å²) in [7, 11) is 0. The van der Waals surface area contributed by atoms with Gasteiger partial charge in [0, 0.05) is 6.61 Å². The summed E-state index contributed by atoms with van der Waals surface area (Å²) in [6.45, 7) is 2.65. The van der Waals surface area contributed by atoms with Crippen LogP contribution in [0.15, 0.2) is 0 Å². The Morgan fingerprint density at radius 3 is 0.760 bits per heavy atom. The number of hydrogen-bond donors (Lipinski definition) is 2. The molecule has 0 fully saturated rings. The van der Waals surface area contributed by atoms with Crippen LogP contribution in [0.4, 0.5) is 0 Å². The molecule has 4 heteroatoms. The molecule has 50 heavy (non-hydrogen) atoms. The Bertz CT molecular complexity index is 623. The van der Waals surface area contributed by atoms with Crippen molar-refractivity contribution in [3.8, 4) is 0 Å². The molecule has 0 heterocycles. The largest absolute Gasteiger partial charge is 0.396 e. The van der Waals surface area contributed by atoms with E-state index >= 15 is 0 Å². The minimum Gasteiger partial charge on any atom is -0.396 e. The fourth-order valence-corrected chi connectivity index (χ4v) is 7.79. The van der Waals surface area contributed by atoms with Crippen LogP contribution >= 0.6 is 0 Å². The van der Waals surface area contributed by atoms with E-state index in [4.69, 9.17) is 10.4 Å². The first-order valence-corrected chi connectivity index (χ1v) is 23.2. The fraction of sp³-hybridized carbons (Fsp3) is 0.978. The van der Waals surface area contributed by atoms with E-state index in [0.29, 0.717) is 6.61 Å². The van der Waals surface area contributed by atoms with E-state index in [0.717, 1.165) is 32.1 Å². The minimum atomic E-state index is -0.412. The van der Waals surface area contributed by atoms with Gasteiger partial charge in [0.2, 0.25) is 0 Å². The predicted octanol–water partition coefficient (Wildman–Crippen LogP) is 16.0. The second-order valence-corrected chi connectivity index (χ2v) is 16.2. The Morgan fingerprint density at radius 1 is 0.360 bits per heavy atom. The monoisotopic (exact) mass is 709 g/mol. The Labute approximate surface area is 314 Å². The number of hydrogen-bond acceptors (Lipinski definition) is 4. The summed E-state index contributed by atoms with van der Waals surface area (Å²) in [5, 5.41) is 17.8. The number of rotatable bonds is 44. The molecule has 0 rings (SSSR count). The molecule has 300 valence electrons. The third-order valence-corrected chi connectivity index (χ3v) is 11.3. The van der Waals surface area contributed by atoms with Crippen LogP contribution in [0.2, 0.25) is 0 Å². The molecule has 2 N–H and O–H groups in total. The number of aliphatic hydroxyl groups excluding tert-OH is 1. The number of carbonyl (C=O) groups excluding carboxylic acids is 1. The number of unbranched alkanes of at least 4 members (excludes halogenated alkanes) is 38. The molecule has 0 aromatic heterocycles. The second-order valence-electron chi connectivity index (χ2n) is 16.2. The number of aliphatic hydroxyl groups is 1. The van der Waals surface area contributed by atoms with Crippen LogP contribution in [-0.2, 0) is 9.68 Å². The summed E-state index contributed by atoms with van der Waals surface area (Å²) in [4.78, 5) is 16.2. The molecule has 0 bridgehead atoms. The third-order valence-electron chi connectivity index (χ3n) is 11.3. The normalized spacial score (nSPS) is 12.1. The SMILES string of the molecule is CCCCCCCCCCCCCCCCC(CCCCCCCCCCCCCCCCCCCCCCCCCCCCO)C(=O)OO. The van der Waals surface area contributed by atoms with Gasteiger partial charge in [0.15, 0.2) is 0 Å². The molecule has 1 atom stereocenters. The van der Waals surface area contributed by atoms with E-state index in [1.54, 1.807) is 0 Å². The predicted molar refractivity (Wildman–Crippen MR) is 219 cm³/mol. The van der Waals surface area contributed by atoms with E-state index < -0.39 is 5.97 Å². The Hall–Kier alpha value is -0.610. The molecule has 0 radical (unpaired) electrons. The van der Waals surface area contributed by atoms with Crippen molar-refractivity contribution in [2.75, 3.05) is 6.61 Å². The van der Waals surface area contributed by atoms with Crippen molar-refractivity contribution < 1.29 is 20.0 Å². The smallest absolute Gasteiger partial charge is 0.345 e.